The molecule has 1 fully saturated rings. The highest BCUT2D eigenvalue weighted by molar-refractivity contribution is 5.48. The maximum atomic E-state index is 13.5. The molecular weight excluding hydrogens is 339 g/mol. The Morgan fingerprint density at radius 1 is 1.22 bits per heavy atom. The molecule has 0 aromatic heterocycles. The van der Waals surface area contributed by atoms with Gasteiger partial charge in [-0.25, -0.2) is 4.39 Å². The minimum absolute atomic E-state index is 0.223. The van der Waals surface area contributed by atoms with Gasteiger partial charge in [0.1, 0.15) is 17.0 Å². The second-order valence-corrected chi connectivity index (χ2v) is 7.53. The molecule has 1 atom stereocenters. The Bertz CT molecular complexity index is 864. The van der Waals surface area contributed by atoms with Gasteiger partial charge in [-0.3, -0.25) is 0 Å². The maximum absolute atomic E-state index is 13.5. The standard InChI is InChI=1S/C23H26FN2O/c1-25-13-3-12-23(19-7-9-20(24)10-8-19)22-11-6-17(14-18(22)16-27-23)15-26-21-4-2-5-21/h6-11,14,21,25H,2-5,12-13,16H2,1H3/q+1/t23-/m0/s1. The monoisotopic (exact) mass is 365 g/mol. The molecule has 1 aliphatic heterocycles. The summed E-state index contributed by atoms with van der Waals surface area (Å²) < 4.78 is 19.9. The topological polar surface area (TPSA) is 25.6 Å². The third-order valence-corrected chi connectivity index (χ3v) is 5.73. The maximum Gasteiger partial charge on any atom is 0.311 e. The Labute approximate surface area is 160 Å². The fourth-order valence-corrected chi connectivity index (χ4v) is 3.96. The van der Waals surface area contributed by atoms with Crippen LogP contribution in [0.25, 0.3) is 4.85 Å². The third kappa shape index (κ3) is 3.63. The van der Waals surface area contributed by atoms with Gasteiger partial charge in [-0.15, -0.1) is 0 Å². The van der Waals surface area contributed by atoms with E-state index < -0.39 is 5.60 Å². The Balaban J connectivity index is 1.67. The molecule has 140 valence electrons. The summed E-state index contributed by atoms with van der Waals surface area (Å²) in [5.41, 5.74) is 3.87. The van der Waals surface area contributed by atoms with E-state index in [4.69, 9.17) is 4.74 Å². The molecule has 1 N–H and O–H groups in total. The van der Waals surface area contributed by atoms with Gasteiger partial charge in [-0.2, -0.15) is 0 Å². The van der Waals surface area contributed by atoms with Crippen molar-refractivity contribution >= 4 is 0 Å². The van der Waals surface area contributed by atoms with Crippen LogP contribution in [0.2, 0.25) is 0 Å². The summed E-state index contributed by atoms with van der Waals surface area (Å²) in [4.78, 5) is 4.55. The number of halogens is 1. The number of ether oxygens (including phenoxy) is 1. The predicted octanol–water partition coefficient (Wildman–Crippen LogP) is 4.83. The lowest BCUT2D eigenvalue weighted by molar-refractivity contribution is -0.0128. The highest BCUT2D eigenvalue weighted by Gasteiger charge is 2.41. The molecule has 4 rings (SSSR count). The van der Waals surface area contributed by atoms with Crippen LogP contribution in [0.1, 0.15) is 54.4 Å². The average Bonchev–Trinajstić information content (AvgIpc) is 3.00. The summed E-state index contributed by atoms with van der Waals surface area (Å²) in [6.07, 6.45) is 5.47. The predicted molar refractivity (Wildman–Crippen MR) is 106 cm³/mol. The van der Waals surface area contributed by atoms with Crippen molar-refractivity contribution in [3.63, 3.8) is 0 Å². The number of hydrogen-bond acceptors (Lipinski definition) is 2. The first-order chi connectivity index (χ1) is 13.2. The van der Waals surface area contributed by atoms with Crippen LogP contribution in [0.4, 0.5) is 4.39 Å². The lowest BCUT2D eigenvalue weighted by atomic mass is 9.81. The van der Waals surface area contributed by atoms with E-state index in [2.05, 4.69) is 34.4 Å². The molecule has 0 bridgehead atoms. The third-order valence-electron chi connectivity index (χ3n) is 5.73. The van der Waals surface area contributed by atoms with E-state index in [1.807, 2.05) is 19.2 Å². The van der Waals surface area contributed by atoms with Crippen LogP contribution < -0.4 is 5.32 Å². The molecular formula is C23H26FN2O+. The molecule has 0 amide bonds. The van der Waals surface area contributed by atoms with E-state index in [0.717, 1.165) is 30.5 Å². The minimum Gasteiger partial charge on any atom is -0.361 e. The molecule has 0 saturated heterocycles. The second-order valence-electron chi connectivity index (χ2n) is 7.53. The summed E-state index contributed by atoms with van der Waals surface area (Å²) in [7, 11) is 1.96. The van der Waals surface area contributed by atoms with E-state index in [1.165, 1.54) is 42.5 Å². The van der Waals surface area contributed by atoms with Crippen LogP contribution in [0.3, 0.4) is 0 Å². The SMILES string of the molecule is CNCCC[C@@]1(c2ccc(F)cc2)OCc2cc(C#[N+]C3CCC3)ccc21. The van der Waals surface area contributed by atoms with Gasteiger partial charge in [0.2, 0.25) is 0 Å². The van der Waals surface area contributed by atoms with Crippen molar-refractivity contribution in [2.45, 2.75) is 50.4 Å². The van der Waals surface area contributed by atoms with Gasteiger partial charge in [0.05, 0.1) is 6.61 Å². The quantitative estimate of drug-likeness (QED) is 0.768. The van der Waals surface area contributed by atoms with Crippen LogP contribution in [-0.4, -0.2) is 19.6 Å². The summed E-state index contributed by atoms with van der Waals surface area (Å²) in [5, 5.41) is 3.20. The van der Waals surface area contributed by atoms with Crippen LogP contribution in [0.15, 0.2) is 42.5 Å². The summed E-state index contributed by atoms with van der Waals surface area (Å²) in [6.45, 7) is 1.48. The number of nitrogens with one attached hydrogen (secondary N) is 1. The molecule has 1 aliphatic carbocycles. The van der Waals surface area contributed by atoms with Crippen LogP contribution in [0, 0.1) is 11.9 Å². The van der Waals surface area contributed by atoms with Crippen molar-refractivity contribution in [1.29, 1.82) is 0 Å². The number of fused-ring (bicyclic) bond motifs is 1. The van der Waals surface area contributed by atoms with E-state index >= 15 is 0 Å². The van der Waals surface area contributed by atoms with Gasteiger partial charge in [-0.05, 0) is 73.8 Å². The van der Waals surface area contributed by atoms with Crippen LogP contribution in [0.5, 0.6) is 0 Å². The zero-order valence-corrected chi connectivity index (χ0v) is 15.8. The lowest BCUT2D eigenvalue weighted by Crippen LogP contribution is -2.28. The molecule has 0 radical (unpaired) electrons. The number of nitrogens with zero attached hydrogens (tertiary/aromatic N) is 1. The molecule has 0 spiro atoms. The summed E-state index contributed by atoms with van der Waals surface area (Å²) in [6, 6.07) is 16.8. The van der Waals surface area contributed by atoms with Crippen molar-refractivity contribution in [1.82, 2.24) is 5.32 Å². The molecule has 2 aromatic rings. The van der Waals surface area contributed by atoms with E-state index in [1.54, 1.807) is 0 Å². The van der Waals surface area contributed by atoms with E-state index in [9.17, 15) is 4.39 Å². The van der Waals surface area contributed by atoms with Gasteiger partial charge in [0, 0.05) is 12.8 Å². The first-order valence-corrected chi connectivity index (χ1v) is 9.85. The molecule has 27 heavy (non-hydrogen) atoms. The molecule has 2 aromatic carbocycles. The van der Waals surface area contributed by atoms with Crippen LogP contribution in [-0.2, 0) is 16.9 Å². The number of hydrogen-bond donors (Lipinski definition) is 1. The molecule has 1 heterocycles. The smallest absolute Gasteiger partial charge is 0.311 e. The Hall–Kier alpha value is -2.22. The second kappa shape index (κ2) is 7.80. The average molecular weight is 365 g/mol. The van der Waals surface area contributed by atoms with Crippen molar-refractivity contribution in [2.24, 2.45) is 0 Å². The minimum atomic E-state index is -0.510. The van der Waals surface area contributed by atoms with Crippen molar-refractivity contribution in [2.75, 3.05) is 13.6 Å². The highest BCUT2D eigenvalue weighted by atomic mass is 19.1. The Morgan fingerprint density at radius 3 is 2.74 bits per heavy atom. The van der Waals surface area contributed by atoms with Gasteiger partial charge < -0.3 is 10.1 Å². The Morgan fingerprint density at radius 2 is 2.04 bits per heavy atom. The van der Waals surface area contributed by atoms with Gasteiger partial charge >= 0.3 is 6.07 Å². The molecule has 0 unspecified atom stereocenters. The first kappa shape index (κ1) is 18.2. The fourth-order valence-electron chi connectivity index (χ4n) is 3.96. The summed E-state index contributed by atoms with van der Waals surface area (Å²) in [5.74, 6) is -0.223. The molecule has 3 nitrogen and oxygen atoms in total. The van der Waals surface area contributed by atoms with Gasteiger partial charge in [-0.1, -0.05) is 23.0 Å². The summed E-state index contributed by atoms with van der Waals surface area (Å²) >= 11 is 0. The molecule has 4 heteroatoms. The normalized spacial score (nSPS) is 21.3. The van der Waals surface area contributed by atoms with Crippen molar-refractivity contribution in [3.8, 4) is 6.07 Å². The van der Waals surface area contributed by atoms with Gasteiger partial charge in [0.25, 0.3) is 6.04 Å². The van der Waals surface area contributed by atoms with Crippen LogP contribution >= 0.6 is 0 Å². The largest absolute Gasteiger partial charge is 0.361 e. The van der Waals surface area contributed by atoms with E-state index in [-0.39, 0.29) is 5.82 Å². The Kier molecular flexibility index (Phi) is 5.24. The van der Waals surface area contributed by atoms with Crippen molar-refractivity contribution < 1.29 is 9.13 Å². The number of rotatable bonds is 5. The highest BCUT2D eigenvalue weighted by Crippen LogP contribution is 2.45. The first-order valence-electron chi connectivity index (χ1n) is 9.85. The van der Waals surface area contributed by atoms with E-state index in [0.29, 0.717) is 12.6 Å². The number of benzene rings is 2. The molecule has 2 aliphatic rings. The molecule has 1 saturated carbocycles. The zero-order valence-electron chi connectivity index (χ0n) is 15.8. The lowest BCUT2D eigenvalue weighted by Gasteiger charge is -2.30. The zero-order chi connectivity index (χ0) is 18.7. The fraction of sp³-hybridized carbons (Fsp3) is 0.435. The van der Waals surface area contributed by atoms with Gasteiger partial charge in [0.15, 0.2) is 0 Å². The van der Waals surface area contributed by atoms with Crippen molar-refractivity contribution in [3.05, 3.63) is 75.4 Å².